The Labute approximate surface area is 97.9 Å². The minimum absolute atomic E-state index is 0.212. The Morgan fingerprint density at radius 2 is 2.19 bits per heavy atom. The molecule has 0 saturated heterocycles. The van der Waals surface area contributed by atoms with Crippen LogP contribution in [-0.2, 0) is 12.0 Å². The van der Waals surface area contributed by atoms with E-state index in [4.69, 9.17) is 5.73 Å². The topological polar surface area (TPSA) is 38.9 Å². The Morgan fingerprint density at radius 1 is 1.44 bits per heavy atom. The second-order valence-corrected chi connectivity index (χ2v) is 4.92. The third-order valence-electron chi connectivity index (χ3n) is 2.44. The lowest BCUT2D eigenvalue weighted by Crippen LogP contribution is -2.35. The lowest BCUT2D eigenvalue weighted by Gasteiger charge is -2.22. The van der Waals surface area contributed by atoms with Crippen molar-refractivity contribution in [1.82, 2.24) is 4.98 Å². The molecule has 1 heterocycles. The fourth-order valence-electron chi connectivity index (χ4n) is 1.62. The van der Waals surface area contributed by atoms with Gasteiger partial charge in [0.25, 0.3) is 0 Å². The van der Waals surface area contributed by atoms with Crippen LogP contribution in [-0.4, -0.2) is 4.98 Å². The number of hydrogen-bond donors (Lipinski definition) is 1. The van der Waals surface area contributed by atoms with Crippen molar-refractivity contribution in [2.24, 2.45) is 5.73 Å². The SMILES string of the molecule is CC(N)(Cc1ccccc1F)c1nccs1. The summed E-state index contributed by atoms with van der Waals surface area (Å²) in [6.07, 6.45) is 2.17. The van der Waals surface area contributed by atoms with E-state index >= 15 is 0 Å². The van der Waals surface area contributed by atoms with E-state index in [1.54, 1.807) is 18.3 Å². The van der Waals surface area contributed by atoms with Gasteiger partial charge in [0.2, 0.25) is 0 Å². The highest BCUT2D eigenvalue weighted by Gasteiger charge is 2.25. The van der Waals surface area contributed by atoms with Crippen LogP contribution in [0.1, 0.15) is 17.5 Å². The minimum atomic E-state index is -0.615. The van der Waals surface area contributed by atoms with Crippen LogP contribution in [0.15, 0.2) is 35.8 Å². The van der Waals surface area contributed by atoms with E-state index in [2.05, 4.69) is 4.98 Å². The van der Waals surface area contributed by atoms with Gasteiger partial charge >= 0.3 is 0 Å². The third-order valence-corrected chi connectivity index (χ3v) is 3.49. The maximum absolute atomic E-state index is 13.5. The standard InChI is InChI=1S/C12H13FN2S/c1-12(14,11-15-6-7-16-11)8-9-4-2-3-5-10(9)13/h2-7H,8,14H2,1H3. The summed E-state index contributed by atoms with van der Waals surface area (Å²) < 4.78 is 13.5. The van der Waals surface area contributed by atoms with Gasteiger partial charge in [-0.25, -0.2) is 9.37 Å². The van der Waals surface area contributed by atoms with Crippen molar-refractivity contribution in [3.05, 3.63) is 52.2 Å². The van der Waals surface area contributed by atoms with Crippen LogP contribution in [0, 0.1) is 5.82 Å². The van der Waals surface area contributed by atoms with Crippen LogP contribution >= 0.6 is 11.3 Å². The molecule has 0 bridgehead atoms. The van der Waals surface area contributed by atoms with Gasteiger partial charge in [0, 0.05) is 11.6 Å². The molecule has 0 aliphatic rings. The highest BCUT2D eigenvalue weighted by molar-refractivity contribution is 7.09. The van der Waals surface area contributed by atoms with Crippen molar-refractivity contribution in [3.63, 3.8) is 0 Å². The van der Waals surface area contributed by atoms with Crippen molar-refractivity contribution in [2.75, 3.05) is 0 Å². The minimum Gasteiger partial charge on any atom is -0.319 e. The van der Waals surface area contributed by atoms with Gasteiger partial charge in [-0.05, 0) is 25.0 Å². The predicted octanol–water partition coefficient (Wildman–Crippen LogP) is 2.70. The van der Waals surface area contributed by atoms with Gasteiger partial charge < -0.3 is 5.73 Å². The quantitative estimate of drug-likeness (QED) is 0.890. The number of thiazole rings is 1. The normalized spacial score (nSPS) is 14.7. The van der Waals surface area contributed by atoms with Crippen LogP contribution in [0.4, 0.5) is 4.39 Å². The number of nitrogens with zero attached hydrogens (tertiary/aromatic N) is 1. The first kappa shape index (κ1) is 11.2. The van der Waals surface area contributed by atoms with E-state index in [1.165, 1.54) is 17.4 Å². The Bertz CT molecular complexity index is 466. The van der Waals surface area contributed by atoms with Gasteiger partial charge in [-0.2, -0.15) is 0 Å². The summed E-state index contributed by atoms with van der Waals surface area (Å²) in [5, 5.41) is 2.71. The molecule has 4 heteroatoms. The molecule has 0 spiro atoms. The summed E-state index contributed by atoms with van der Waals surface area (Å²) in [7, 11) is 0. The first-order valence-electron chi connectivity index (χ1n) is 5.02. The van der Waals surface area contributed by atoms with E-state index in [1.807, 2.05) is 18.4 Å². The molecule has 0 aliphatic carbocycles. The van der Waals surface area contributed by atoms with Gasteiger partial charge in [-0.1, -0.05) is 18.2 Å². The largest absolute Gasteiger partial charge is 0.319 e. The lowest BCUT2D eigenvalue weighted by atomic mass is 9.94. The number of benzene rings is 1. The average molecular weight is 236 g/mol. The number of aromatic nitrogens is 1. The van der Waals surface area contributed by atoms with E-state index in [9.17, 15) is 4.39 Å². The summed E-state index contributed by atoms with van der Waals surface area (Å²) in [5.74, 6) is -0.212. The first-order chi connectivity index (χ1) is 7.59. The molecule has 2 aromatic rings. The van der Waals surface area contributed by atoms with Crippen molar-refractivity contribution in [2.45, 2.75) is 18.9 Å². The Morgan fingerprint density at radius 3 is 2.81 bits per heavy atom. The molecule has 0 amide bonds. The maximum Gasteiger partial charge on any atom is 0.126 e. The molecule has 0 fully saturated rings. The monoisotopic (exact) mass is 236 g/mol. The second-order valence-electron chi connectivity index (χ2n) is 4.02. The van der Waals surface area contributed by atoms with Gasteiger partial charge in [-0.15, -0.1) is 11.3 Å². The first-order valence-corrected chi connectivity index (χ1v) is 5.90. The molecule has 2 N–H and O–H groups in total. The summed E-state index contributed by atoms with van der Waals surface area (Å²) in [6, 6.07) is 6.70. The summed E-state index contributed by atoms with van der Waals surface area (Å²) >= 11 is 1.50. The Kier molecular flexibility index (Phi) is 3.03. The van der Waals surface area contributed by atoms with Crippen LogP contribution < -0.4 is 5.73 Å². The molecule has 16 heavy (non-hydrogen) atoms. The molecule has 2 rings (SSSR count). The fraction of sp³-hybridized carbons (Fsp3) is 0.250. The lowest BCUT2D eigenvalue weighted by molar-refractivity contribution is 0.473. The molecule has 84 valence electrons. The smallest absolute Gasteiger partial charge is 0.126 e. The van der Waals surface area contributed by atoms with Crippen molar-refractivity contribution in [1.29, 1.82) is 0 Å². The Balaban J connectivity index is 2.25. The second kappa shape index (κ2) is 4.31. The average Bonchev–Trinajstić information content (AvgIpc) is 2.75. The molecule has 1 aromatic carbocycles. The van der Waals surface area contributed by atoms with Crippen LogP contribution in [0.5, 0.6) is 0 Å². The van der Waals surface area contributed by atoms with Crippen molar-refractivity contribution < 1.29 is 4.39 Å². The Hall–Kier alpha value is -1.26. The van der Waals surface area contributed by atoms with Crippen LogP contribution in [0.2, 0.25) is 0 Å². The van der Waals surface area contributed by atoms with Crippen molar-refractivity contribution in [3.8, 4) is 0 Å². The highest BCUT2D eigenvalue weighted by atomic mass is 32.1. The number of hydrogen-bond acceptors (Lipinski definition) is 3. The molecule has 1 aromatic heterocycles. The summed E-state index contributed by atoms with van der Waals surface area (Å²) in [5.41, 5.74) is 6.18. The maximum atomic E-state index is 13.5. The zero-order chi connectivity index (χ0) is 11.6. The number of nitrogens with two attached hydrogens (primary N) is 1. The summed E-state index contributed by atoms with van der Waals surface area (Å²) in [4.78, 5) is 4.18. The van der Waals surface area contributed by atoms with E-state index < -0.39 is 5.54 Å². The summed E-state index contributed by atoms with van der Waals surface area (Å²) in [6.45, 7) is 1.87. The van der Waals surface area contributed by atoms with Gasteiger partial charge in [-0.3, -0.25) is 0 Å². The molecule has 0 radical (unpaired) electrons. The molecule has 0 aliphatic heterocycles. The zero-order valence-corrected chi connectivity index (χ0v) is 9.80. The van der Waals surface area contributed by atoms with Gasteiger partial charge in [0.05, 0.1) is 5.54 Å². The van der Waals surface area contributed by atoms with Gasteiger partial charge in [0.1, 0.15) is 10.8 Å². The van der Waals surface area contributed by atoms with Crippen molar-refractivity contribution >= 4 is 11.3 Å². The molecule has 1 unspecified atom stereocenters. The highest BCUT2D eigenvalue weighted by Crippen LogP contribution is 2.25. The number of rotatable bonds is 3. The molecule has 0 saturated carbocycles. The third kappa shape index (κ3) is 2.28. The van der Waals surface area contributed by atoms with E-state index in [0.29, 0.717) is 12.0 Å². The number of halogens is 1. The fourth-order valence-corrected chi connectivity index (χ4v) is 2.33. The van der Waals surface area contributed by atoms with Gasteiger partial charge in [0.15, 0.2) is 0 Å². The van der Waals surface area contributed by atoms with E-state index in [0.717, 1.165) is 5.01 Å². The van der Waals surface area contributed by atoms with Crippen LogP contribution in [0.3, 0.4) is 0 Å². The molecule has 2 nitrogen and oxygen atoms in total. The zero-order valence-electron chi connectivity index (χ0n) is 8.98. The molecular weight excluding hydrogens is 223 g/mol. The van der Waals surface area contributed by atoms with E-state index in [-0.39, 0.29) is 5.82 Å². The molecular formula is C12H13FN2S. The molecule has 1 atom stereocenters. The predicted molar refractivity (Wildman–Crippen MR) is 63.8 cm³/mol. The van der Waals surface area contributed by atoms with Crippen LogP contribution in [0.25, 0.3) is 0 Å².